The van der Waals surface area contributed by atoms with E-state index in [1.807, 2.05) is 0 Å². The number of rotatable bonds is 5. The van der Waals surface area contributed by atoms with Crippen LogP contribution in [0.15, 0.2) is 46.3 Å². The zero-order valence-corrected chi connectivity index (χ0v) is 19.9. The Hall–Kier alpha value is -3.07. The van der Waals surface area contributed by atoms with Gasteiger partial charge in [-0.15, -0.1) is 0 Å². The van der Waals surface area contributed by atoms with Gasteiger partial charge in [0.05, 0.1) is 17.4 Å². The summed E-state index contributed by atoms with van der Waals surface area (Å²) in [4.78, 5) is 30.2. The molecule has 1 aliphatic carbocycles. The molecule has 8 nitrogen and oxygen atoms in total. The Bertz CT molecular complexity index is 1550. The highest BCUT2D eigenvalue weighted by atomic mass is 32.2. The van der Waals surface area contributed by atoms with Gasteiger partial charge in [0, 0.05) is 65.0 Å². The number of aromatic amines is 1. The van der Waals surface area contributed by atoms with Gasteiger partial charge in [0.1, 0.15) is 5.52 Å². The molecule has 9 heteroatoms. The molecule has 0 amide bonds. The molecular formula is C25H29N3O5S. The fourth-order valence-electron chi connectivity index (χ4n) is 5.27. The number of ether oxygens (including phenoxy) is 1. The molecule has 1 atom stereocenters. The molecule has 2 aromatic heterocycles. The average Bonchev–Trinajstić information content (AvgIpc) is 3.28. The zero-order chi connectivity index (χ0) is 26.8. The Balaban J connectivity index is 1.59. The van der Waals surface area contributed by atoms with Crippen molar-refractivity contribution in [2.75, 3.05) is 30.9 Å². The van der Waals surface area contributed by atoms with Crippen molar-refractivity contribution in [3.05, 3.63) is 47.0 Å². The van der Waals surface area contributed by atoms with Crippen molar-refractivity contribution in [2.45, 2.75) is 31.1 Å². The van der Waals surface area contributed by atoms with Crippen molar-refractivity contribution in [2.24, 2.45) is 18.3 Å². The Labute approximate surface area is 202 Å². The van der Waals surface area contributed by atoms with E-state index in [-0.39, 0.29) is 27.7 Å². The molecule has 1 saturated carbocycles. The van der Waals surface area contributed by atoms with Crippen LogP contribution in [0.3, 0.4) is 0 Å². The normalized spacial score (nSPS) is 21.2. The summed E-state index contributed by atoms with van der Waals surface area (Å²) >= 11 is 0. The van der Waals surface area contributed by atoms with Crippen LogP contribution in [0.5, 0.6) is 0 Å². The number of esters is 1. The number of nitrogens with zero attached hydrogens (tertiary/aromatic N) is 2. The van der Waals surface area contributed by atoms with Crippen LogP contribution in [-0.4, -0.2) is 49.9 Å². The molecule has 0 bridgehead atoms. The first kappa shape index (κ1) is 19.3. The van der Waals surface area contributed by atoms with Crippen LogP contribution in [0.1, 0.15) is 30.3 Å². The number of H-pyrrole nitrogens is 1. The molecule has 3 aromatic rings. The standard InChI is InChI=1S/C25H29N3O5S/c1-4-33-24(30)20-14-25(20)8-11-28(12-9-25)21-6-5-16(34(3,31)32)13-18(21)19-15-27(2)23(29)22-17(19)7-10-26-22/h5-7,10,13,15,20,26H,4,8-9,11-12,14H2,1-3H3/i2D3. The van der Waals surface area contributed by atoms with Gasteiger partial charge in [-0.3, -0.25) is 9.59 Å². The second-order valence-corrected chi connectivity index (χ2v) is 11.3. The first-order chi connectivity index (χ1) is 17.4. The number of pyridine rings is 1. The number of piperidine rings is 1. The van der Waals surface area contributed by atoms with E-state index in [9.17, 15) is 18.0 Å². The first-order valence-corrected chi connectivity index (χ1v) is 13.2. The number of aryl methyl sites for hydroxylation is 1. The summed E-state index contributed by atoms with van der Waals surface area (Å²) in [6, 6.07) is 6.52. The topological polar surface area (TPSA) is 101 Å². The largest absolute Gasteiger partial charge is 0.466 e. The summed E-state index contributed by atoms with van der Waals surface area (Å²) < 4.78 is 54.4. The third-order valence-electron chi connectivity index (χ3n) is 7.28. The highest BCUT2D eigenvalue weighted by Crippen LogP contribution is 2.60. The van der Waals surface area contributed by atoms with E-state index in [2.05, 4.69) is 9.88 Å². The second-order valence-electron chi connectivity index (χ2n) is 9.29. The van der Waals surface area contributed by atoms with Crippen molar-refractivity contribution >= 4 is 32.4 Å². The fraction of sp³-hybridized carbons (Fsp3) is 0.440. The van der Waals surface area contributed by atoms with Crippen molar-refractivity contribution < 1.29 is 22.1 Å². The Kier molecular flexibility index (Phi) is 4.54. The van der Waals surface area contributed by atoms with Crippen molar-refractivity contribution in [3.8, 4) is 11.1 Å². The highest BCUT2D eigenvalue weighted by molar-refractivity contribution is 7.90. The third kappa shape index (κ3) is 3.72. The molecule has 34 heavy (non-hydrogen) atoms. The van der Waals surface area contributed by atoms with Gasteiger partial charge in [0.15, 0.2) is 9.84 Å². The maximum atomic E-state index is 12.9. The number of fused-ring (bicyclic) bond motifs is 1. The molecule has 1 spiro atoms. The van der Waals surface area contributed by atoms with Crippen LogP contribution in [0.4, 0.5) is 5.69 Å². The van der Waals surface area contributed by atoms with Crippen LogP contribution < -0.4 is 10.5 Å². The van der Waals surface area contributed by atoms with Crippen LogP contribution in [0, 0.1) is 11.3 Å². The minimum Gasteiger partial charge on any atom is -0.466 e. The molecule has 2 fully saturated rings. The van der Waals surface area contributed by atoms with Crippen LogP contribution in [0.2, 0.25) is 0 Å². The molecule has 180 valence electrons. The lowest BCUT2D eigenvalue weighted by atomic mass is 9.89. The van der Waals surface area contributed by atoms with Crippen molar-refractivity contribution in [3.63, 3.8) is 0 Å². The minimum atomic E-state index is -3.56. The number of nitrogens with one attached hydrogen (secondary N) is 1. The van der Waals surface area contributed by atoms with Gasteiger partial charge in [0.25, 0.3) is 5.56 Å². The lowest BCUT2D eigenvalue weighted by Crippen LogP contribution is -2.36. The van der Waals surface area contributed by atoms with Gasteiger partial charge < -0.3 is 19.2 Å². The number of hydrogen-bond acceptors (Lipinski definition) is 6. The lowest BCUT2D eigenvalue weighted by Gasteiger charge is -2.35. The van der Waals surface area contributed by atoms with E-state index in [1.54, 1.807) is 37.4 Å². The average molecular weight is 487 g/mol. The molecule has 1 aliphatic heterocycles. The number of hydrogen-bond donors (Lipinski definition) is 1. The van der Waals surface area contributed by atoms with Crippen molar-refractivity contribution in [1.82, 2.24) is 9.55 Å². The maximum absolute atomic E-state index is 12.9. The Morgan fingerprint density at radius 1 is 1.26 bits per heavy atom. The number of benzene rings is 1. The zero-order valence-electron chi connectivity index (χ0n) is 22.1. The fourth-order valence-corrected chi connectivity index (χ4v) is 5.92. The Morgan fingerprint density at radius 3 is 2.71 bits per heavy atom. The molecule has 2 aliphatic rings. The summed E-state index contributed by atoms with van der Waals surface area (Å²) in [6.07, 6.45) is 6.36. The molecule has 1 aromatic carbocycles. The molecular weight excluding hydrogens is 454 g/mol. The van der Waals surface area contributed by atoms with Crippen LogP contribution in [-0.2, 0) is 26.3 Å². The first-order valence-electron chi connectivity index (χ1n) is 12.8. The van der Waals surface area contributed by atoms with E-state index in [0.717, 1.165) is 31.2 Å². The van der Waals surface area contributed by atoms with E-state index in [1.165, 1.54) is 6.20 Å². The van der Waals surface area contributed by atoms with E-state index in [0.29, 0.717) is 40.8 Å². The number of carbonyl (C=O) groups is 1. The second kappa shape index (κ2) is 8.01. The summed E-state index contributed by atoms with van der Waals surface area (Å²) in [5.74, 6) is -0.222. The summed E-state index contributed by atoms with van der Waals surface area (Å²) in [7, 11) is -3.56. The predicted molar refractivity (Wildman–Crippen MR) is 131 cm³/mol. The SMILES string of the molecule is [2H]C([2H])([2H])n1cc(-c2cc(S(C)(=O)=O)ccc2N2CCC3(CC2)CC3C(=O)OCC)c2cc[nH]c2c1=O. The molecule has 3 heterocycles. The maximum Gasteiger partial charge on any atom is 0.309 e. The van der Waals surface area contributed by atoms with Gasteiger partial charge in [-0.2, -0.15) is 0 Å². The smallest absolute Gasteiger partial charge is 0.309 e. The van der Waals surface area contributed by atoms with E-state index >= 15 is 0 Å². The summed E-state index contributed by atoms with van der Waals surface area (Å²) in [5.41, 5.74) is 1.12. The van der Waals surface area contributed by atoms with Gasteiger partial charge in [-0.25, -0.2) is 8.42 Å². The predicted octanol–water partition coefficient (Wildman–Crippen LogP) is 3.11. The number of carbonyl (C=O) groups excluding carboxylic acids is 1. The van der Waals surface area contributed by atoms with Gasteiger partial charge in [0.2, 0.25) is 0 Å². The number of sulfone groups is 1. The minimum absolute atomic E-state index is 0.0575. The Morgan fingerprint density at radius 2 is 2.03 bits per heavy atom. The summed E-state index contributed by atoms with van der Waals surface area (Å²) in [5, 5.41) is 0.510. The quantitative estimate of drug-likeness (QED) is 0.556. The van der Waals surface area contributed by atoms with Gasteiger partial charge >= 0.3 is 5.97 Å². The molecule has 1 unspecified atom stereocenters. The molecule has 1 N–H and O–H groups in total. The monoisotopic (exact) mass is 486 g/mol. The van der Waals surface area contributed by atoms with Crippen LogP contribution >= 0.6 is 0 Å². The van der Waals surface area contributed by atoms with Crippen LogP contribution in [0.25, 0.3) is 22.0 Å². The van der Waals surface area contributed by atoms with Crippen molar-refractivity contribution in [1.29, 1.82) is 0 Å². The number of anilines is 1. The number of aromatic nitrogens is 2. The highest BCUT2D eigenvalue weighted by Gasteiger charge is 2.59. The lowest BCUT2D eigenvalue weighted by molar-refractivity contribution is -0.145. The van der Waals surface area contributed by atoms with E-state index < -0.39 is 22.4 Å². The molecule has 0 radical (unpaired) electrons. The van der Waals surface area contributed by atoms with E-state index in [4.69, 9.17) is 8.85 Å². The third-order valence-corrected chi connectivity index (χ3v) is 8.39. The summed E-state index contributed by atoms with van der Waals surface area (Å²) in [6.45, 7) is 0.742. The molecule has 5 rings (SSSR count). The van der Waals surface area contributed by atoms with Gasteiger partial charge in [-0.1, -0.05) is 0 Å². The molecule has 1 saturated heterocycles. The van der Waals surface area contributed by atoms with Gasteiger partial charge in [-0.05, 0) is 55.9 Å².